The maximum atomic E-state index is 5.01. The number of nitrogens with zero attached hydrogens (tertiary/aromatic N) is 3. The van der Waals surface area contributed by atoms with E-state index in [0.29, 0.717) is 5.54 Å². The fraction of sp³-hybridized carbons (Fsp3) is 0.824. The van der Waals surface area contributed by atoms with Crippen molar-refractivity contribution in [2.24, 2.45) is 0 Å². The highest BCUT2D eigenvalue weighted by molar-refractivity contribution is 5.24. The Bertz CT molecular complexity index is 518. The predicted octanol–water partition coefficient (Wildman–Crippen LogP) is 2.31. The van der Waals surface area contributed by atoms with Gasteiger partial charge in [0.05, 0.1) is 5.69 Å². The lowest BCUT2D eigenvalue weighted by molar-refractivity contribution is 0.0400. The molecule has 1 aromatic heterocycles. The summed E-state index contributed by atoms with van der Waals surface area (Å²) in [6.07, 6.45) is 5.10. The first-order chi connectivity index (χ1) is 9.83. The third-order valence-corrected chi connectivity index (χ3v) is 5.34. The number of aromatic nitrogens is 2. The average Bonchev–Trinajstić information content (AvgIpc) is 2.72. The van der Waals surface area contributed by atoms with Crippen LogP contribution in [-0.2, 0) is 24.9 Å². The molecule has 0 amide bonds. The van der Waals surface area contributed by atoms with Crippen molar-refractivity contribution in [3.05, 3.63) is 17.2 Å². The molecule has 1 aliphatic carbocycles. The van der Waals surface area contributed by atoms with Crippen molar-refractivity contribution in [1.29, 1.82) is 0 Å². The Morgan fingerprint density at radius 2 is 2.00 bits per heavy atom. The summed E-state index contributed by atoms with van der Waals surface area (Å²) in [4.78, 5) is 7.45. The van der Waals surface area contributed by atoms with Crippen molar-refractivity contribution in [2.75, 3.05) is 20.6 Å². The van der Waals surface area contributed by atoms with Crippen molar-refractivity contribution in [3.63, 3.8) is 0 Å². The number of likely N-dealkylation sites (N-methyl/N-ethyl adjacent to an activating group) is 1. The van der Waals surface area contributed by atoms with Gasteiger partial charge in [0, 0.05) is 42.7 Å². The molecule has 1 fully saturated rings. The third-order valence-electron chi connectivity index (χ3n) is 5.34. The largest absolute Gasteiger partial charge is 0.329 e. The first kappa shape index (κ1) is 15.0. The van der Waals surface area contributed by atoms with Crippen molar-refractivity contribution in [2.45, 2.75) is 70.5 Å². The summed E-state index contributed by atoms with van der Waals surface area (Å²) < 4.78 is 2.56. The zero-order valence-corrected chi connectivity index (χ0v) is 14.3. The van der Waals surface area contributed by atoms with E-state index in [4.69, 9.17) is 4.98 Å². The topological polar surface area (TPSA) is 33.1 Å². The third kappa shape index (κ3) is 2.53. The monoisotopic (exact) mass is 290 g/mol. The Hall–Kier alpha value is -0.870. The van der Waals surface area contributed by atoms with Crippen LogP contribution in [0.25, 0.3) is 0 Å². The summed E-state index contributed by atoms with van der Waals surface area (Å²) in [5, 5.41) is 3.46. The van der Waals surface area contributed by atoms with Crippen LogP contribution in [0.2, 0.25) is 0 Å². The van der Waals surface area contributed by atoms with E-state index in [0.717, 1.165) is 26.1 Å². The summed E-state index contributed by atoms with van der Waals surface area (Å²) in [7, 11) is 4.47. The Balaban J connectivity index is 2.01. The molecule has 3 rings (SSSR count). The molecule has 2 aliphatic rings. The molecule has 0 unspecified atom stereocenters. The van der Waals surface area contributed by atoms with E-state index in [1.54, 1.807) is 0 Å². The molecule has 0 atom stereocenters. The lowest BCUT2D eigenvalue weighted by atomic mass is 9.75. The molecule has 21 heavy (non-hydrogen) atoms. The van der Waals surface area contributed by atoms with Gasteiger partial charge < -0.3 is 14.8 Å². The van der Waals surface area contributed by atoms with Crippen LogP contribution in [0.3, 0.4) is 0 Å². The van der Waals surface area contributed by atoms with Gasteiger partial charge in [-0.1, -0.05) is 20.8 Å². The minimum absolute atomic E-state index is 0.106. The van der Waals surface area contributed by atoms with Gasteiger partial charge in [-0.15, -0.1) is 0 Å². The number of rotatable bonds is 3. The molecule has 0 bridgehead atoms. The van der Waals surface area contributed by atoms with Crippen LogP contribution in [-0.4, -0.2) is 40.6 Å². The van der Waals surface area contributed by atoms with Crippen LogP contribution in [0, 0.1) is 0 Å². The minimum Gasteiger partial charge on any atom is -0.329 e. The Morgan fingerprint density at radius 1 is 1.29 bits per heavy atom. The Morgan fingerprint density at radius 3 is 2.52 bits per heavy atom. The summed E-state index contributed by atoms with van der Waals surface area (Å²) in [6.45, 7) is 9.97. The van der Waals surface area contributed by atoms with Crippen LogP contribution < -0.4 is 5.32 Å². The molecule has 4 heteroatoms. The summed E-state index contributed by atoms with van der Waals surface area (Å²) in [5.41, 5.74) is 3.21. The SMILES string of the molecule is CN(C)C1(Cn2c(C(C)(C)C)nc3c2CCNC3)CCC1. The van der Waals surface area contributed by atoms with Crippen molar-refractivity contribution >= 4 is 0 Å². The number of fused-ring (bicyclic) bond motifs is 1. The molecule has 2 heterocycles. The molecular formula is C17H30N4. The highest BCUT2D eigenvalue weighted by Gasteiger charge is 2.41. The van der Waals surface area contributed by atoms with Gasteiger partial charge in [0.15, 0.2) is 0 Å². The molecule has 0 spiro atoms. The van der Waals surface area contributed by atoms with Crippen LogP contribution >= 0.6 is 0 Å². The van der Waals surface area contributed by atoms with Gasteiger partial charge in [-0.05, 0) is 33.4 Å². The molecule has 1 saturated carbocycles. The smallest absolute Gasteiger partial charge is 0.114 e. The van der Waals surface area contributed by atoms with Gasteiger partial charge in [0.2, 0.25) is 0 Å². The minimum atomic E-state index is 0.106. The Kier molecular flexibility index (Phi) is 3.65. The van der Waals surface area contributed by atoms with Gasteiger partial charge in [-0.3, -0.25) is 0 Å². The molecule has 118 valence electrons. The second kappa shape index (κ2) is 5.10. The van der Waals surface area contributed by atoms with Gasteiger partial charge in [-0.25, -0.2) is 4.98 Å². The van der Waals surface area contributed by atoms with E-state index < -0.39 is 0 Å². The van der Waals surface area contributed by atoms with Crippen LogP contribution in [0.5, 0.6) is 0 Å². The highest BCUT2D eigenvalue weighted by Crippen LogP contribution is 2.39. The predicted molar refractivity (Wildman–Crippen MR) is 86.6 cm³/mol. The molecular weight excluding hydrogens is 260 g/mol. The second-order valence-electron chi connectivity index (χ2n) is 8.06. The summed E-state index contributed by atoms with van der Waals surface area (Å²) in [5.74, 6) is 1.27. The van der Waals surface area contributed by atoms with E-state index in [9.17, 15) is 0 Å². The molecule has 0 saturated heterocycles. The first-order valence-electron chi connectivity index (χ1n) is 8.30. The second-order valence-corrected chi connectivity index (χ2v) is 8.06. The standard InChI is InChI=1S/C17H30N4/c1-16(2,3)15-19-13-11-18-10-7-14(13)21(15)12-17(20(4)5)8-6-9-17/h18H,6-12H2,1-5H3. The van der Waals surface area contributed by atoms with Crippen molar-refractivity contribution in [1.82, 2.24) is 19.8 Å². The zero-order valence-electron chi connectivity index (χ0n) is 14.3. The molecule has 1 aliphatic heterocycles. The molecule has 1 N–H and O–H groups in total. The van der Waals surface area contributed by atoms with Gasteiger partial charge in [0.1, 0.15) is 5.82 Å². The maximum Gasteiger partial charge on any atom is 0.114 e. The van der Waals surface area contributed by atoms with E-state index >= 15 is 0 Å². The molecule has 0 radical (unpaired) electrons. The number of hydrogen-bond donors (Lipinski definition) is 1. The van der Waals surface area contributed by atoms with E-state index in [-0.39, 0.29) is 5.41 Å². The normalized spacial score (nSPS) is 21.2. The fourth-order valence-electron chi connectivity index (χ4n) is 3.74. The highest BCUT2D eigenvalue weighted by atomic mass is 15.2. The number of hydrogen-bond acceptors (Lipinski definition) is 3. The molecule has 1 aromatic rings. The molecule has 0 aromatic carbocycles. The maximum absolute atomic E-state index is 5.01. The van der Waals surface area contributed by atoms with Crippen molar-refractivity contribution in [3.8, 4) is 0 Å². The quantitative estimate of drug-likeness (QED) is 0.927. The summed E-state index contributed by atoms with van der Waals surface area (Å²) >= 11 is 0. The van der Waals surface area contributed by atoms with Crippen molar-refractivity contribution < 1.29 is 0 Å². The summed E-state index contributed by atoms with van der Waals surface area (Å²) in [6, 6.07) is 0. The Labute approximate surface area is 128 Å². The number of nitrogens with one attached hydrogen (secondary N) is 1. The van der Waals surface area contributed by atoms with E-state index in [1.165, 1.54) is 36.5 Å². The average molecular weight is 290 g/mol. The van der Waals surface area contributed by atoms with E-state index in [2.05, 4.69) is 49.7 Å². The van der Waals surface area contributed by atoms with Gasteiger partial charge in [-0.2, -0.15) is 0 Å². The van der Waals surface area contributed by atoms with Gasteiger partial charge >= 0.3 is 0 Å². The van der Waals surface area contributed by atoms with Crippen LogP contribution in [0.15, 0.2) is 0 Å². The lowest BCUT2D eigenvalue weighted by Gasteiger charge is -2.48. The first-order valence-corrected chi connectivity index (χ1v) is 8.30. The fourth-order valence-corrected chi connectivity index (χ4v) is 3.74. The lowest BCUT2D eigenvalue weighted by Crippen LogP contribution is -2.53. The van der Waals surface area contributed by atoms with E-state index in [1.807, 2.05) is 0 Å². The number of imidazole rings is 1. The van der Waals surface area contributed by atoms with Crippen LogP contribution in [0.1, 0.15) is 57.2 Å². The molecule has 4 nitrogen and oxygen atoms in total. The van der Waals surface area contributed by atoms with Gasteiger partial charge in [0.25, 0.3) is 0 Å². The zero-order chi connectivity index (χ0) is 15.3. The van der Waals surface area contributed by atoms with Crippen LogP contribution in [0.4, 0.5) is 0 Å².